The smallest absolute Gasteiger partial charge is 0.320 e. The summed E-state index contributed by atoms with van der Waals surface area (Å²) in [7, 11) is 0. The second kappa shape index (κ2) is 7.89. The minimum Gasteiger partial charge on any atom is -0.481 e. The lowest BCUT2D eigenvalue weighted by Gasteiger charge is -2.40. The summed E-state index contributed by atoms with van der Waals surface area (Å²) in [5.41, 5.74) is 0. The van der Waals surface area contributed by atoms with Crippen LogP contribution in [0.5, 0.6) is 0 Å². The van der Waals surface area contributed by atoms with Gasteiger partial charge >= 0.3 is 12.0 Å². The number of ether oxygens (including phenoxy) is 1. The number of aliphatic carboxylic acids is 1. The van der Waals surface area contributed by atoms with Crippen LogP contribution in [0.25, 0.3) is 0 Å². The molecule has 2 unspecified atom stereocenters. The van der Waals surface area contributed by atoms with Gasteiger partial charge in [-0.25, -0.2) is 4.79 Å². The third kappa shape index (κ3) is 4.51. The van der Waals surface area contributed by atoms with Crippen molar-refractivity contribution in [1.29, 1.82) is 0 Å². The van der Waals surface area contributed by atoms with Crippen molar-refractivity contribution < 1.29 is 19.4 Å². The van der Waals surface area contributed by atoms with Crippen molar-refractivity contribution in [2.45, 2.75) is 38.3 Å². The Morgan fingerprint density at radius 3 is 2.90 bits per heavy atom. The van der Waals surface area contributed by atoms with E-state index in [0.717, 1.165) is 25.1 Å². The summed E-state index contributed by atoms with van der Waals surface area (Å²) in [5.74, 6) is 0.747. The highest BCUT2D eigenvalue weighted by Crippen LogP contribution is 2.22. The molecular weight excluding hydrogens is 292 g/mol. The van der Waals surface area contributed by atoms with Crippen molar-refractivity contribution in [2.24, 2.45) is 0 Å². The quantitative estimate of drug-likeness (QED) is 0.851. The van der Waals surface area contributed by atoms with Gasteiger partial charge in [0.25, 0.3) is 0 Å². The molecule has 0 aromatic carbocycles. The van der Waals surface area contributed by atoms with E-state index in [4.69, 9.17) is 9.84 Å². The number of hydrogen-bond donors (Lipinski definition) is 1. The highest BCUT2D eigenvalue weighted by Gasteiger charge is 2.33. The third-order valence-corrected chi connectivity index (χ3v) is 5.03. The van der Waals surface area contributed by atoms with E-state index in [1.807, 2.05) is 11.8 Å². The molecule has 7 heteroatoms. The minimum atomic E-state index is -0.842. The summed E-state index contributed by atoms with van der Waals surface area (Å²) in [6.45, 7) is 4.62. The van der Waals surface area contributed by atoms with Gasteiger partial charge in [0, 0.05) is 37.7 Å². The van der Waals surface area contributed by atoms with Gasteiger partial charge < -0.3 is 19.6 Å². The number of carboxylic acid groups (broad SMARTS) is 1. The molecule has 0 aromatic heterocycles. The summed E-state index contributed by atoms with van der Waals surface area (Å²) in [4.78, 5) is 27.2. The number of carbonyl (C=O) groups excluding carboxylic acids is 1. The molecule has 21 heavy (non-hydrogen) atoms. The number of piperidine rings is 1. The Labute approximate surface area is 129 Å². The van der Waals surface area contributed by atoms with Crippen LogP contribution in [-0.4, -0.2) is 76.8 Å². The fraction of sp³-hybridized carbons (Fsp3) is 0.857. The van der Waals surface area contributed by atoms with Crippen molar-refractivity contribution >= 4 is 23.8 Å². The summed E-state index contributed by atoms with van der Waals surface area (Å²) >= 11 is 1.72. The zero-order chi connectivity index (χ0) is 15.2. The summed E-state index contributed by atoms with van der Waals surface area (Å²) in [6.07, 6.45) is 2.08. The number of carbonyl (C=O) groups is 2. The topological polar surface area (TPSA) is 70.1 Å². The average Bonchev–Trinajstić information content (AvgIpc) is 2.47. The molecule has 2 aliphatic rings. The maximum atomic E-state index is 12.7. The van der Waals surface area contributed by atoms with E-state index in [0.29, 0.717) is 25.4 Å². The Kier molecular flexibility index (Phi) is 6.17. The fourth-order valence-corrected chi connectivity index (χ4v) is 4.00. The van der Waals surface area contributed by atoms with Crippen molar-refractivity contribution in [3.8, 4) is 0 Å². The number of urea groups is 1. The van der Waals surface area contributed by atoms with Crippen molar-refractivity contribution in [1.82, 2.24) is 9.80 Å². The van der Waals surface area contributed by atoms with Crippen molar-refractivity contribution in [3.63, 3.8) is 0 Å². The molecule has 2 amide bonds. The van der Waals surface area contributed by atoms with E-state index < -0.39 is 5.97 Å². The highest BCUT2D eigenvalue weighted by atomic mass is 32.2. The zero-order valence-electron chi connectivity index (χ0n) is 12.5. The van der Waals surface area contributed by atoms with Crippen LogP contribution in [0, 0.1) is 0 Å². The zero-order valence-corrected chi connectivity index (χ0v) is 13.3. The first-order valence-corrected chi connectivity index (χ1v) is 8.74. The van der Waals surface area contributed by atoms with Crippen LogP contribution >= 0.6 is 11.8 Å². The van der Waals surface area contributed by atoms with Gasteiger partial charge in [-0.1, -0.05) is 0 Å². The number of nitrogens with zero attached hydrogens (tertiary/aromatic N) is 2. The molecule has 0 radical (unpaired) electrons. The summed E-state index contributed by atoms with van der Waals surface area (Å²) in [6, 6.07) is -0.216. The van der Waals surface area contributed by atoms with Gasteiger partial charge in [0.15, 0.2) is 0 Å². The fourth-order valence-electron chi connectivity index (χ4n) is 2.94. The average molecular weight is 316 g/mol. The molecule has 2 heterocycles. The standard InChI is InChI=1S/C14H24N2O4S/c1-2-20-12-4-3-5-15(9-12)14(19)16-6-7-21-10-11(16)8-13(17)18/h11-12H,2-10H2,1H3,(H,17,18). The van der Waals surface area contributed by atoms with E-state index in [1.165, 1.54) is 0 Å². The predicted molar refractivity (Wildman–Crippen MR) is 81.7 cm³/mol. The van der Waals surface area contributed by atoms with E-state index >= 15 is 0 Å². The second-order valence-corrected chi connectivity index (χ2v) is 6.62. The lowest BCUT2D eigenvalue weighted by Crippen LogP contribution is -2.55. The maximum absolute atomic E-state index is 12.7. The second-order valence-electron chi connectivity index (χ2n) is 5.47. The lowest BCUT2D eigenvalue weighted by atomic mass is 10.1. The van der Waals surface area contributed by atoms with Gasteiger partial charge in [-0.05, 0) is 19.8 Å². The Morgan fingerprint density at radius 1 is 1.38 bits per heavy atom. The van der Waals surface area contributed by atoms with Gasteiger partial charge in [-0.15, -0.1) is 0 Å². The van der Waals surface area contributed by atoms with Crippen LogP contribution < -0.4 is 0 Å². The summed E-state index contributed by atoms with van der Waals surface area (Å²) < 4.78 is 5.63. The van der Waals surface area contributed by atoms with E-state index in [1.54, 1.807) is 16.7 Å². The van der Waals surface area contributed by atoms with Crippen LogP contribution in [0.4, 0.5) is 4.79 Å². The summed E-state index contributed by atoms with van der Waals surface area (Å²) in [5, 5.41) is 9.01. The van der Waals surface area contributed by atoms with Crippen LogP contribution in [0.3, 0.4) is 0 Å². The molecule has 0 bridgehead atoms. The third-order valence-electron chi connectivity index (χ3n) is 3.93. The van der Waals surface area contributed by atoms with E-state index in [-0.39, 0.29) is 24.6 Å². The Morgan fingerprint density at radius 2 is 2.19 bits per heavy atom. The monoisotopic (exact) mass is 316 g/mol. The first-order valence-electron chi connectivity index (χ1n) is 7.58. The number of likely N-dealkylation sites (tertiary alicyclic amines) is 1. The Hall–Kier alpha value is -0.950. The van der Waals surface area contributed by atoms with E-state index in [2.05, 4.69) is 0 Å². The molecule has 0 aromatic rings. The number of hydrogen-bond acceptors (Lipinski definition) is 4. The van der Waals surface area contributed by atoms with Gasteiger partial charge in [0.05, 0.1) is 18.6 Å². The van der Waals surface area contributed by atoms with Gasteiger partial charge in [-0.3, -0.25) is 4.79 Å². The van der Waals surface area contributed by atoms with Gasteiger partial charge in [0.2, 0.25) is 0 Å². The normalized spacial score (nSPS) is 26.7. The van der Waals surface area contributed by atoms with Crippen LogP contribution in [-0.2, 0) is 9.53 Å². The van der Waals surface area contributed by atoms with E-state index in [9.17, 15) is 9.59 Å². The highest BCUT2D eigenvalue weighted by molar-refractivity contribution is 7.99. The number of thioether (sulfide) groups is 1. The van der Waals surface area contributed by atoms with Crippen LogP contribution in [0.2, 0.25) is 0 Å². The Bertz CT molecular complexity index is 378. The first-order chi connectivity index (χ1) is 10.1. The molecule has 6 nitrogen and oxygen atoms in total. The molecule has 2 atom stereocenters. The predicted octanol–water partition coefficient (Wildman–Crippen LogP) is 1.50. The molecule has 0 aliphatic carbocycles. The van der Waals surface area contributed by atoms with Crippen LogP contribution in [0.15, 0.2) is 0 Å². The van der Waals surface area contributed by atoms with Crippen LogP contribution in [0.1, 0.15) is 26.2 Å². The molecule has 120 valence electrons. The molecule has 0 spiro atoms. The Balaban J connectivity index is 1.97. The van der Waals surface area contributed by atoms with Gasteiger partial charge in [-0.2, -0.15) is 11.8 Å². The molecule has 2 saturated heterocycles. The molecular formula is C14H24N2O4S. The molecule has 2 aliphatic heterocycles. The SMILES string of the molecule is CCOC1CCCN(C(=O)N2CCSCC2CC(=O)O)C1. The first kappa shape index (κ1) is 16.4. The molecule has 1 N–H and O–H groups in total. The number of carboxylic acids is 1. The molecule has 2 fully saturated rings. The largest absolute Gasteiger partial charge is 0.481 e. The molecule has 0 saturated carbocycles. The van der Waals surface area contributed by atoms with Gasteiger partial charge in [0.1, 0.15) is 0 Å². The van der Waals surface area contributed by atoms with Crippen molar-refractivity contribution in [3.05, 3.63) is 0 Å². The minimum absolute atomic E-state index is 0.0223. The number of amides is 2. The van der Waals surface area contributed by atoms with Crippen molar-refractivity contribution in [2.75, 3.05) is 37.7 Å². The maximum Gasteiger partial charge on any atom is 0.320 e. The number of rotatable bonds is 4. The lowest BCUT2D eigenvalue weighted by molar-refractivity contribution is -0.138. The molecule has 2 rings (SSSR count).